The third-order valence-corrected chi connectivity index (χ3v) is 4.81. The van der Waals surface area contributed by atoms with Gasteiger partial charge in [-0.2, -0.15) is 5.10 Å². The van der Waals surface area contributed by atoms with Crippen molar-refractivity contribution in [3.05, 3.63) is 47.8 Å². The number of hydrogen-bond donors (Lipinski definition) is 1. The quantitative estimate of drug-likeness (QED) is 0.836. The summed E-state index contributed by atoms with van der Waals surface area (Å²) in [7, 11) is 5.18. The Hall–Kier alpha value is -2.87. The molecule has 1 fully saturated rings. The molecule has 0 spiro atoms. The number of nitrogens with zero attached hydrogens (tertiary/aromatic N) is 4. The van der Waals surface area contributed by atoms with Crippen LogP contribution in [0.4, 0.5) is 0 Å². The van der Waals surface area contributed by atoms with Gasteiger partial charge in [0.2, 0.25) is 5.91 Å². The summed E-state index contributed by atoms with van der Waals surface area (Å²) in [5, 5.41) is 7.20. The van der Waals surface area contributed by atoms with E-state index < -0.39 is 6.04 Å². The molecule has 144 valence electrons. The first-order valence-electron chi connectivity index (χ1n) is 8.91. The molecule has 27 heavy (non-hydrogen) atoms. The molecule has 0 aliphatic carbocycles. The molecule has 1 N–H and O–H groups in total. The molecule has 8 nitrogen and oxygen atoms in total. The summed E-state index contributed by atoms with van der Waals surface area (Å²) in [6.45, 7) is 2.05. The number of rotatable bonds is 5. The van der Waals surface area contributed by atoms with Crippen LogP contribution < -0.4 is 10.1 Å². The second kappa shape index (κ2) is 8.22. The fraction of sp³-hybridized carbons (Fsp3) is 0.421. The Kier molecular flexibility index (Phi) is 5.75. The summed E-state index contributed by atoms with van der Waals surface area (Å²) >= 11 is 0. The van der Waals surface area contributed by atoms with Gasteiger partial charge in [0.05, 0.1) is 13.3 Å². The number of ether oxygens (including phenoxy) is 1. The molecule has 1 saturated heterocycles. The number of carbonyl (C=O) groups is 2. The summed E-state index contributed by atoms with van der Waals surface area (Å²) in [5.74, 6) is 0.694. The summed E-state index contributed by atoms with van der Waals surface area (Å²) in [6, 6.07) is 6.65. The predicted octanol–water partition coefficient (Wildman–Crippen LogP) is 0.674. The van der Waals surface area contributed by atoms with Crippen molar-refractivity contribution in [1.29, 1.82) is 0 Å². The fourth-order valence-corrected chi connectivity index (χ4v) is 3.25. The van der Waals surface area contributed by atoms with E-state index in [1.165, 1.54) is 0 Å². The zero-order valence-corrected chi connectivity index (χ0v) is 15.9. The summed E-state index contributed by atoms with van der Waals surface area (Å²) in [4.78, 5) is 29.1. The van der Waals surface area contributed by atoms with E-state index in [0.717, 1.165) is 11.3 Å². The molecule has 1 atom stereocenters. The van der Waals surface area contributed by atoms with Crippen molar-refractivity contribution in [3.63, 3.8) is 0 Å². The van der Waals surface area contributed by atoms with Crippen molar-refractivity contribution in [2.75, 3.05) is 40.3 Å². The van der Waals surface area contributed by atoms with Crippen LogP contribution in [0, 0.1) is 0 Å². The van der Waals surface area contributed by atoms with Gasteiger partial charge in [-0.1, -0.05) is 0 Å². The number of hydrogen-bond acceptors (Lipinski definition) is 5. The average Bonchev–Trinajstić information content (AvgIpc) is 3.14. The number of aromatic nitrogens is 2. The van der Waals surface area contributed by atoms with Crippen molar-refractivity contribution in [3.8, 4) is 5.75 Å². The Morgan fingerprint density at radius 2 is 1.74 bits per heavy atom. The minimum Gasteiger partial charge on any atom is -0.497 e. The van der Waals surface area contributed by atoms with Gasteiger partial charge in [-0.05, 0) is 31.3 Å². The van der Waals surface area contributed by atoms with Gasteiger partial charge in [0, 0.05) is 50.6 Å². The number of carbonyl (C=O) groups excluding carboxylic acids is 2. The molecular weight excluding hydrogens is 346 g/mol. The van der Waals surface area contributed by atoms with Gasteiger partial charge in [-0.25, -0.2) is 0 Å². The van der Waals surface area contributed by atoms with Gasteiger partial charge in [-0.3, -0.25) is 14.3 Å². The van der Waals surface area contributed by atoms with Crippen LogP contribution in [0.1, 0.15) is 22.0 Å². The van der Waals surface area contributed by atoms with Gasteiger partial charge < -0.3 is 19.9 Å². The zero-order chi connectivity index (χ0) is 19.4. The van der Waals surface area contributed by atoms with Gasteiger partial charge in [0.15, 0.2) is 0 Å². The highest BCUT2D eigenvalue weighted by Crippen LogP contribution is 2.18. The molecule has 2 aromatic rings. The maximum Gasteiger partial charge on any atom is 0.253 e. The van der Waals surface area contributed by atoms with E-state index in [4.69, 9.17) is 4.74 Å². The average molecular weight is 371 g/mol. The highest BCUT2D eigenvalue weighted by molar-refractivity contribution is 5.94. The van der Waals surface area contributed by atoms with Crippen molar-refractivity contribution in [1.82, 2.24) is 24.9 Å². The van der Waals surface area contributed by atoms with Gasteiger partial charge in [0.25, 0.3) is 5.91 Å². The van der Waals surface area contributed by atoms with Crippen LogP contribution >= 0.6 is 0 Å². The topological polar surface area (TPSA) is 79.7 Å². The molecule has 0 radical (unpaired) electrons. The number of piperazine rings is 1. The van der Waals surface area contributed by atoms with Crippen molar-refractivity contribution in [2.24, 2.45) is 7.05 Å². The van der Waals surface area contributed by atoms with Crippen molar-refractivity contribution in [2.45, 2.75) is 6.04 Å². The highest BCUT2D eigenvalue weighted by Gasteiger charge is 2.30. The third-order valence-electron chi connectivity index (χ3n) is 4.81. The minimum atomic E-state index is -0.428. The Bertz CT molecular complexity index is 794. The van der Waals surface area contributed by atoms with Gasteiger partial charge >= 0.3 is 0 Å². The van der Waals surface area contributed by atoms with Crippen LogP contribution in [0.5, 0.6) is 5.75 Å². The molecule has 2 amide bonds. The first kappa shape index (κ1) is 18.9. The van der Waals surface area contributed by atoms with Crippen molar-refractivity contribution < 1.29 is 14.3 Å². The van der Waals surface area contributed by atoms with Gasteiger partial charge in [0.1, 0.15) is 11.8 Å². The lowest BCUT2D eigenvalue weighted by atomic mass is 10.1. The fourth-order valence-electron chi connectivity index (χ4n) is 3.25. The first-order valence-corrected chi connectivity index (χ1v) is 8.91. The standard InChI is InChI=1S/C19H25N5O3/c1-20-17(15-12-21-22(2)13-15)19(26)24-10-8-23(9-11-24)18(25)14-4-6-16(27-3)7-5-14/h4-7,12-13,17,20H,8-11H2,1-3H3. The molecule has 3 rings (SSSR count). The lowest BCUT2D eigenvalue weighted by molar-refractivity contribution is -0.135. The van der Waals surface area contributed by atoms with Gasteiger partial charge in [-0.15, -0.1) is 0 Å². The highest BCUT2D eigenvalue weighted by atomic mass is 16.5. The molecule has 1 aliphatic heterocycles. The summed E-state index contributed by atoms with van der Waals surface area (Å²) in [5.41, 5.74) is 1.46. The lowest BCUT2D eigenvalue weighted by Gasteiger charge is -2.36. The molecule has 1 aliphatic rings. The SMILES string of the molecule is CNC(C(=O)N1CCN(C(=O)c2ccc(OC)cc2)CC1)c1cnn(C)c1. The van der Waals surface area contributed by atoms with Crippen LogP contribution in [0.15, 0.2) is 36.7 Å². The molecule has 1 unspecified atom stereocenters. The van der Waals surface area contributed by atoms with Crippen LogP contribution in [0.2, 0.25) is 0 Å². The van der Waals surface area contributed by atoms with E-state index in [1.54, 1.807) is 59.1 Å². The zero-order valence-electron chi connectivity index (χ0n) is 15.9. The number of nitrogens with one attached hydrogen (secondary N) is 1. The second-order valence-electron chi connectivity index (χ2n) is 6.52. The Morgan fingerprint density at radius 3 is 2.26 bits per heavy atom. The van der Waals surface area contributed by atoms with Crippen molar-refractivity contribution >= 4 is 11.8 Å². The smallest absolute Gasteiger partial charge is 0.253 e. The maximum atomic E-state index is 12.9. The maximum absolute atomic E-state index is 12.9. The minimum absolute atomic E-state index is 0.00189. The number of benzene rings is 1. The van der Waals surface area contributed by atoms with E-state index in [-0.39, 0.29) is 11.8 Å². The van der Waals surface area contributed by atoms with Crippen LogP contribution in [-0.4, -0.2) is 71.7 Å². The normalized spacial score (nSPS) is 15.5. The van der Waals surface area contributed by atoms with E-state index >= 15 is 0 Å². The van der Waals surface area contributed by atoms with Crippen LogP contribution in [0.25, 0.3) is 0 Å². The van der Waals surface area contributed by atoms with E-state index in [9.17, 15) is 9.59 Å². The number of aryl methyl sites for hydroxylation is 1. The van der Waals surface area contributed by atoms with E-state index in [0.29, 0.717) is 31.7 Å². The Labute approximate surface area is 158 Å². The second-order valence-corrected chi connectivity index (χ2v) is 6.52. The van der Waals surface area contributed by atoms with E-state index in [1.807, 2.05) is 13.2 Å². The van der Waals surface area contributed by atoms with E-state index in [2.05, 4.69) is 10.4 Å². The molecule has 1 aromatic carbocycles. The predicted molar refractivity (Wildman–Crippen MR) is 100 cm³/mol. The number of methoxy groups -OCH3 is 1. The molecular formula is C19H25N5O3. The summed E-state index contributed by atoms with van der Waals surface area (Å²) < 4.78 is 6.80. The molecule has 2 heterocycles. The molecule has 1 aromatic heterocycles. The van der Waals surface area contributed by atoms with Crippen LogP contribution in [-0.2, 0) is 11.8 Å². The Morgan fingerprint density at radius 1 is 1.11 bits per heavy atom. The first-order chi connectivity index (χ1) is 13.0. The monoisotopic (exact) mass is 371 g/mol. The lowest BCUT2D eigenvalue weighted by Crippen LogP contribution is -2.52. The number of amides is 2. The molecule has 0 saturated carbocycles. The van der Waals surface area contributed by atoms with Crippen LogP contribution in [0.3, 0.4) is 0 Å². The Balaban J connectivity index is 1.60. The third kappa shape index (κ3) is 4.11. The molecule has 8 heteroatoms. The summed E-state index contributed by atoms with van der Waals surface area (Å²) in [6.07, 6.45) is 3.53. The largest absolute Gasteiger partial charge is 0.497 e. The number of likely N-dealkylation sites (N-methyl/N-ethyl adjacent to an activating group) is 1. The molecule has 0 bridgehead atoms.